The summed E-state index contributed by atoms with van der Waals surface area (Å²) < 4.78 is 79.6. The lowest BCUT2D eigenvalue weighted by Crippen LogP contribution is -2.34. The van der Waals surface area contributed by atoms with E-state index < -0.39 is 34.1 Å². The molecule has 28 heavy (non-hydrogen) atoms. The summed E-state index contributed by atoms with van der Waals surface area (Å²) in [5.74, 6) is -1.68. The Hall–Kier alpha value is -2.07. The van der Waals surface area contributed by atoms with Crippen LogP contribution in [0.1, 0.15) is 18.1 Å². The van der Waals surface area contributed by atoms with Crippen LogP contribution in [0, 0.1) is 5.82 Å². The fourth-order valence-corrected chi connectivity index (χ4v) is 5.23. The number of nitrogens with zero attached hydrogens (tertiary/aromatic N) is 1. The quantitative estimate of drug-likeness (QED) is 0.452. The molecule has 0 saturated heterocycles. The van der Waals surface area contributed by atoms with Crippen molar-refractivity contribution >= 4 is 49.8 Å². The Bertz CT molecular complexity index is 1130. The molecule has 0 unspecified atom stereocenters. The highest BCUT2D eigenvalue weighted by Gasteiger charge is 2.34. The zero-order chi connectivity index (χ0) is 20.7. The number of halogens is 4. The highest BCUT2D eigenvalue weighted by Crippen LogP contribution is 2.35. The zero-order valence-corrected chi connectivity index (χ0v) is 16.3. The molecule has 0 saturated carbocycles. The first-order valence-corrected chi connectivity index (χ1v) is 10.6. The lowest BCUT2D eigenvalue weighted by molar-refractivity contribution is -0.140. The van der Waals surface area contributed by atoms with Crippen LogP contribution in [0.3, 0.4) is 0 Å². The monoisotopic (exact) mass is 427 g/mol. The topological polar surface area (TPSA) is 37.4 Å². The number of thiophene rings is 1. The predicted molar refractivity (Wildman–Crippen MR) is 104 cm³/mol. The second-order valence-electron chi connectivity index (χ2n) is 6.04. The summed E-state index contributed by atoms with van der Waals surface area (Å²) in [4.78, 5) is 0. The average molecular weight is 427 g/mol. The number of hydrogen-bond acceptors (Lipinski definition) is 3. The molecule has 3 aromatic rings. The smallest absolute Gasteiger partial charge is 0.257 e. The van der Waals surface area contributed by atoms with Crippen LogP contribution in [0.4, 0.5) is 22.6 Å². The van der Waals surface area contributed by atoms with Crippen LogP contribution in [0.15, 0.2) is 42.5 Å². The molecule has 0 spiro atoms. The van der Waals surface area contributed by atoms with Crippen LogP contribution in [0.5, 0.6) is 0 Å². The van der Waals surface area contributed by atoms with E-state index in [1.807, 2.05) is 0 Å². The molecule has 0 aliphatic rings. The summed E-state index contributed by atoms with van der Waals surface area (Å²) >= 11 is 1.13. The number of sulfonamides is 1. The Morgan fingerprint density at radius 3 is 2.43 bits per heavy atom. The molecular weight excluding hydrogens is 413 g/mol. The van der Waals surface area contributed by atoms with Gasteiger partial charge in [-0.25, -0.2) is 12.8 Å². The van der Waals surface area contributed by atoms with Gasteiger partial charge in [-0.15, -0.1) is 11.3 Å². The first-order valence-electron chi connectivity index (χ1n) is 8.17. The zero-order valence-electron chi connectivity index (χ0n) is 14.6. The van der Waals surface area contributed by atoms with Gasteiger partial charge in [-0.05, 0) is 36.1 Å². The van der Waals surface area contributed by atoms with Gasteiger partial charge in [0.1, 0.15) is 13.7 Å². The molecular formula is C18H14BF4NO2S2. The molecule has 10 heteroatoms. The lowest BCUT2D eigenvalue weighted by Gasteiger charge is -2.24. The Balaban J connectivity index is 2.11. The van der Waals surface area contributed by atoms with Crippen molar-refractivity contribution in [2.45, 2.75) is 19.6 Å². The molecule has 3 nitrogen and oxygen atoms in total. The summed E-state index contributed by atoms with van der Waals surface area (Å²) in [6.07, 6.45) is -4.88. The summed E-state index contributed by atoms with van der Waals surface area (Å²) in [5.41, 5.74) is -1.21. The highest BCUT2D eigenvalue weighted by molar-refractivity contribution is 7.93. The van der Waals surface area contributed by atoms with Crippen molar-refractivity contribution < 1.29 is 26.0 Å². The van der Waals surface area contributed by atoms with Gasteiger partial charge >= 0.3 is 6.18 Å². The van der Waals surface area contributed by atoms with Gasteiger partial charge in [0.15, 0.2) is 0 Å². The van der Waals surface area contributed by atoms with E-state index in [-0.39, 0.29) is 21.8 Å². The lowest BCUT2D eigenvalue weighted by atomic mass is 9.94. The fourth-order valence-electron chi connectivity index (χ4n) is 2.74. The summed E-state index contributed by atoms with van der Waals surface area (Å²) in [7, 11) is 2.28. The number of hydrogen-bond donors (Lipinski definition) is 0. The Morgan fingerprint density at radius 2 is 1.82 bits per heavy atom. The minimum Gasteiger partial charge on any atom is -0.257 e. The average Bonchev–Trinajstić information content (AvgIpc) is 2.96. The molecule has 3 rings (SSSR count). The minimum atomic E-state index is -4.88. The molecule has 0 N–H and O–H groups in total. The molecule has 2 aromatic carbocycles. The fraction of sp³-hybridized carbons (Fsp3) is 0.222. The highest BCUT2D eigenvalue weighted by atomic mass is 32.2. The van der Waals surface area contributed by atoms with E-state index in [9.17, 15) is 26.0 Å². The van der Waals surface area contributed by atoms with Crippen molar-refractivity contribution in [3.63, 3.8) is 0 Å². The Kier molecular flexibility index (Phi) is 5.46. The number of benzene rings is 2. The van der Waals surface area contributed by atoms with Crippen molar-refractivity contribution in [1.82, 2.24) is 0 Å². The first-order chi connectivity index (χ1) is 13.0. The van der Waals surface area contributed by atoms with Crippen LogP contribution in [0.2, 0.25) is 0 Å². The van der Waals surface area contributed by atoms with Crippen molar-refractivity contribution in [2.24, 2.45) is 0 Å². The van der Waals surface area contributed by atoms with Crippen LogP contribution >= 0.6 is 11.3 Å². The molecule has 1 heterocycles. The maximum atomic E-state index is 13.6. The van der Waals surface area contributed by atoms with Gasteiger partial charge in [-0.2, -0.15) is 13.2 Å². The Labute approximate surface area is 165 Å². The third-order valence-electron chi connectivity index (χ3n) is 4.20. The van der Waals surface area contributed by atoms with Crippen molar-refractivity contribution in [3.8, 4) is 0 Å². The van der Waals surface area contributed by atoms with Gasteiger partial charge in [-0.1, -0.05) is 29.7 Å². The number of alkyl halides is 3. The molecule has 0 fully saturated rings. The van der Waals surface area contributed by atoms with E-state index in [2.05, 4.69) is 0 Å². The molecule has 0 aliphatic carbocycles. The SMILES string of the molecule is [B]c1c(N(Cc2ccc(F)c(C(F)(F)F)c2)S(=O)(=O)CC)sc2ccccc12. The van der Waals surface area contributed by atoms with E-state index in [1.165, 1.54) is 6.92 Å². The number of rotatable bonds is 5. The second-order valence-corrected chi connectivity index (χ2v) is 9.25. The minimum absolute atomic E-state index is 0.00241. The van der Waals surface area contributed by atoms with Gasteiger partial charge in [-0.3, -0.25) is 4.31 Å². The van der Waals surface area contributed by atoms with Gasteiger partial charge in [0, 0.05) is 4.70 Å². The summed E-state index contributed by atoms with van der Waals surface area (Å²) in [6.45, 7) is 1.04. The van der Waals surface area contributed by atoms with Gasteiger partial charge in [0.25, 0.3) is 0 Å². The molecule has 146 valence electrons. The molecule has 0 atom stereocenters. The van der Waals surface area contributed by atoms with Crippen LogP contribution in [-0.4, -0.2) is 22.0 Å². The second kappa shape index (κ2) is 7.40. The largest absolute Gasteiger partial charge is 0.419 e. The predicted octanol–water partition coefficient (Wildman–Crippen LogP) is 4.21. The van der Waals surface area contributed by atoms with E-state index >= 15 is 0 Å². The normalized spacial score (nSPS) is 12.5. The van der Waals surface area contributed by atoms with E-state index in [1.54, 1.807) is 24.3 Å². The number of fused-ring (bicyclic) bond motifs is 1. The van der Waals surface area contributed by atoms with Crippen LogP contribution in [-0.2, 0) is 22.7 Å². The van der Waals surface area contributed by atoms with Gasteiger partial charge in [0.05, 0.1) is 22.9 Å². The van der Waals surface area contributed by atoms with E-state index in [0.29, 0.717) is 17.5 Å². The van der Waals surface area contributed by atoms with Crippen molar-refractivity contribution in [3.05, 3.63) is 59.4 Å². The molecule has 0 aliphatic heterocycles. The maximum absolute atomic E-state index is 13.6. The summed E-state index contributed by atoms with van der Waals surface area (Å²) in [5, 5.41) is 0.884. The molecule has 1 aromatic heterocycles. The first kappa shape index (κ1) is 20.7. The molecule has 0 amide bonds. The third kappa shape index (κ3) is 3.88. The van der Waals surface area contributed by atoms with Gasteiger partial charge in [0.2, 0.25) is 10.0 Å². The standard InChI is InChI=1S/C18H14BF4NO2S2/c1-2-28(25,26)24(17-16(19)12-5-3-4-6-15(12)27-17)10-11-7-8-14(20)13(9-11)18(21,22)23/h3-9H,2,10H2,1H3. The van der Waals surface area contributed by atoms with Crippen molar-refractivity contribution in [1.29, 1.82) is 0 Å². The van der Waals surface area contributed by atoms with Crippen molar-refractivity contribution in [2.75, 3.05) is 10.1 Å². The van der Waals surface area contributed by atoms with Gasteiger partial charge < -0.3 is 0 Å². The molecule has 2 radical (unpaired) electrons. The van der Waals surface area contributed by atoms with Crippen LogP contribution < -0.4 is 9.77 Å². The third-order valence-corrected chi connectivity index (χ3v) is 7.24. The summed E-state index contributed by atoms with van der Waals surface area (Å²) in [6, 6.07) is 9.48. The number of anilines is 1. The maximum Gasteiger partial charge on any atom is 0.419 e. The van der Waals surface area contributed by atoms with E-state index in [4.69, 9.17) is 7.85 Å². The Morgan fingerprint density at radius 1 is 1.14 bits per heavy atom. The van der Waals surface area contributed by atoms with Crippen LogP contribution in [0.25, 0.3) is 10.1 Å². The van der Waals surface area contributed by atoms with E-state index in [0.717, 1.165) is 26.4 Å². The molecule has 0 bridgehead atoms.